The number of amides is 2. The van der Waals surface area contributed by atoms with Crippen molar-refractivity contribution in [2.75, 3.05) is 24.4 Å². The van der Waals surface area contributed by atoms with Gasteiger partial charge in [0.1, 0.15) is 5.75 Å². The molecule has 0 bridgehead atoms. The minimum atomic E-state index is -0.395. The van der Waals surface area contributed by atoms with Gasteiger partial charge in [-0.2, -0.15) is 9.97 Å². The molecule has 122 valence electrons. The minimum Gasteiger partial charge on any atom is -0.495 e. The third kappa shape index (κ3) is 4.09. The van der Waals surface area contributed by atoms with E-state index in [0.29, 0.717) is 41.1 Å². The number of urea groups is 1. The molecule has 1 aromatic carbocycles. The van der Waals surface area contributed by atoms with Crippen molar-refractivity contribution >= 4 is 17.4 Å². The van der Waals surface area contributed by atoms with Gasteiger partial charge in [0.05, 0.1) is 36.5 Å². The lowest BCUT2D eigenvalue weighted by atomic mass is 10.3. The van der Waals surface area contributed by atoms with Crippen LogP contribution >= 0.6 is 0 Å². The zero-order chi connectivity index (χ0) is 16.8. The first-order valence-corrected chi connectivity index (χ1v) is 7.24. The fourth-order valence-corrected chi connectivity index (χ4v) is 2.08. The van der Waals surface area contributed by atoms with E-state index in [-0.39, 0.29) is 0 Å². The first-order chi connectivity index (χ1) is 11.0. The summed E-state index contributed by atoms with van der Waals surface area (Å²) in [6.45, 7) is 5.92. The summed E-state index contributed by atoms with van der Waals surface area (Å²) in [5, 5.41) is 5.50. The average Bonchev–Trinajstić information content (AvgIpc) is 2.52. The quantitative estimate of drug-likeness (QED) is 0.885. The number of methoxy groups -OCH3 is 1. The Morgan fingerprint density at radius 2 is 1.78 bits per heavy atom. The van der Waals surface area contributed by atoms with E-state index in [1.807, 2.05) is 19.1 Å². The van der Waals surface area contributed by atoms with Crippen molar-refractivity contribution < 1.29 is 14.3 Å². The van der Waals surface area contributed by atoms with Crippen molar-refractivity contribution in [2.45, 2.75) is 20.8 Å². The number of aryl methyl sites for hydroxylation is 2. The van der Waals surface area contributed by atoms with Gasteiger partial charge >= 0.3 is 12.0 Å². The number of rotatable bonds is 5. The number of hydrogen-bond acceptors (Lipinski definition) is 5. The molecule has 2 rings (SSSR count). The fourth-order valence-electron chi connectivity index (χ4n) is 2.08. The van der Waals surface area contributed by atoms with Crippen molar-refractivity contribution in [1.29, 1.82) is 0 Å². The summed E-state index contributed by atoms with van der Waals surface area (Å²) in [7, 11) is 1.55. The van der Waals surface area contributed by atoms with E-state index in [0.717, 1.165) is 0 Å². The molecule has 0 saturated heterocycles. The molecule has 0 unspecified atom stereocenters. The van der Waals surface area contributed by atoms with Gasteiger partial charge in [0.2, 0.25) is 0 Å². The fraction of sp³-hybridized carbons (Fsp3) is 0.312. The monoisotopic (exact) mass is 316 g/mol. The third-order valence-electron chi connectivity index (χ3n) is 3.12. The van der Waals surface area contributed by atoms with Gasteiger partial charge in [-0.3, -0.25) is 0 Å². The number of ether oxygens (including phenoxy) is 2. The Labute approximate surface area is 135 Å². The summed E-state index contributed by atoms with van der Waals surface area (Å²) in [5.74, 6) is 0.582. The number of aromatic nitrogens is 2. The van der Waals surface area contributed by atoms with Gasteiger partial charge in [0.25, 0.3) is 0 Å². The highest BCUT2D eigenvalue weighted by molar-refractivity contribution is 6.01. The van der Waals surface area contributed by atoms with E-state index < -0.39 is 6.03 Å². The number of nitrogens with one attached hydrogen (secondary N) is 2. The number of nitrogens with zero attached hydrogens (tertiary/aromatic N) is 2. The summed E-state index contributed by atoms with van der Waals surface area (Å²) >= 11 is 0. The van der Waals surface area contributed by atoms with Crippen LogP contribution in [0.4, 0.5) is 16.2 Å². The molecule has 7 heteroatoms. The molecule has 23 heavy (non-hydrogen) atoms. The number of carbonyl (C=O) groups is 1. The Kier molecular flexibility index (Phi) is 5.35. The minimum absolute atomic E-state index is 0.304. The first kappa shape index (κ1) is 16.5. The van der Waals surface area contributed by atoms with Crippen LogP contribution < -0.4 is 20.1 Å². The molecular weight excluding hydrogens is 296 g/mol. The smallest absolute Gasteiger partial charge is 0.323 e. The van der Waals surface area contributed by atoms with E-state index >= 15 is 0 Å². The van der Waals surface area contributed by atoms with Crippen LogP contribution in [0.15, 0.2) is 24.3 Å². The first-order valence-electron chi connectivity index (χ1n) is 7.24. The van der Waals surface area contributed by atoms with Crippen LogP contribution in [-0.2, 0) is 0 Å². The molecule has 1 heterocycles. The molecule has 1 aromatic heterocycles. The van der Waals surface area contributed by atoms with E-state index in [2.05, 4.69) is 20.6 Å². The summed E-state index contributed by atoms with van der Waals surface area (Å²) in [6, 6.07) is 7.08. The number of hydrogen-bond donors (Lipinski definition) is 2. The highest BCUT2D eigenvalue weighted by atomic mass is 16.5. The van der Waals surface area contributed by atoms with Gasteiger partial charge < -0.3 is 20.1 Å². The Balaban J connectivity index is 2.14. The van der Waals surface area contributed by atoms with Crippen molar-refractivity contribution in [2.24, 2.45) is 0 Å². The molecule has 2 aromatic rings. The summed E-state index contributed by atoms with van der Waals surface area (Å²) in [4.78, 5) is 20.6. The van der Waals surface area contributed by atoms with Crippen LogP contribution in [0.3, 0.4) is 0 Å². The van der Waals surface area contributed by atoms with E-state index in [1.165, 1.54) is 0 Å². The standard InChI is InChI=1S/C16H20N4O3/c1-5-23-16-17-10(2)14(11(3)18-16)20-15(21)19-12-8-6-7-9-13(12)22-4/h6-9H,5H2,1-4H3,(H2,19,20,21). The normalized spacial score (nSPS) is 10.1. The molecule has 0 spiro atoms. The second-order valence-corrected chi connectivity index (χ2v) is 4.76. The number of benzene rings is 1. The SMILES string of the molecule is CCOc1nc(C)c(NC(=O)Nc2ccccc2OC)c(C)n1. The number of carbonyl (C=O) groups excluding carboxylic acids is 1. The van der Waals surface area contributed by atoms with Crippen LogP contribution in [-0.4, -0.2) is 29.7 Å². The van der Waals surface area contributed by atoms with Crippen LogP contribution in [0.25, 0.3) is 0 Å². The van der Waals surface area contributed by atoms with E-state index in [1.54, 1.807) is 33.1 Å². The molecule has 2 N–H and O–H groups in total. The number of para-hydroxylation sites is 2. The van der Waals surface area contributed by atoms with E-state index in [9.17, 15) is 4.79 Å². The highest BCUT2D eigenvalue weighted by Crippen LogP contribution is 2.24. The molecule has 2 amide bonds. The molecule has 7 nitrogen and oxygen atoms in total. The van der Waals surface area contributed by atoms with Crippen molar-refractivity contribution in [3.63, 3.8) is 0 Å². The molecule has 0 aliphatic carbocycles. The zero-order valence-corrected chi connectivity index (χ0v) is 13.6. The Morgan fingerprint density at radius 3 is 2.39 bits per heavy atom. The van der Waals surface area contributed by atoms with Crippen LogP contribution in [0.1, 0.15) is 18.3 Å². The van der Waals surface area contributed by atoms with Crippen LogP contribution in [0, 0.1) is 13.8 Å². The molecule has 0 atom stereocenters. The Morgan fingerprint density at radius 1 is 1.13 bits per heavy atom. The summed E-state index contributed by atoms with van der Waals surface area (Å²) in [6.07, 6.45) is 0. The molecule has 0 saturated carbocycles. The Hall–Kier alpha value is -2.83. The van der Waals surface area contributed by atoms with E-state index in [4.69, 9.17) is 9.47 Å². The predicted octanol–water partition coefficient (Wildman–Crippen LogP) is 3.14. The molecule has 0 aliphatic heterocycles. The lowest BCUT2D eigenvalue weighted by Crippen LogP contribution is -2.21. The maximum absolute atomic E-state index is 12.2. The number of anilines is 2. The Bertz CT molecular complexity index is 680. The second-order valence-electron chi connectivity index (χ2n) is 4.76. The van der Waals surface area contributed by atoms with Crippen molar-refractivity contribution in [3.8, 4) is 11.8 Å². The maximum atomic E-state index is 12.2. The van der Waals surface area contributed by atoms with Gasteiger partial charge in [-0.05, 0) is 32.9 Å². The van der Waals surface area contributed by atoms with Gasteiger partial charge in [0, 0.05) is 0 Å². The van der Waals surface area contributed by atoms with Gasteiger partial charge in [-0.15, -0.1) is 0 Å². The lowest BCUT2D eigenvalue weighted by molar-refractivity contribution is 0.262. The lowest BCUT2D eigenvalue weighted by Gasteiger charge is -2.14. The molecule has 0 aliphatic rings. The van der Waals surface area contributed by atoms with Crippen LogP contribution in [0.5, 0.6) is 11.8 Å². The third-order valence-corrected chi connectivity index (χ3v) is 3.12. The summed E-state index contributed by atoms with van der Waals surface area (Å²) < 4.78 is 10.5. The van der Waals surface area contributed by atoms with Crippen molar-refractivity contribution in [3.05, 3.63) is 35.7 Å². The van der Waals surface area contributed by atoms with Gasteiger partial charge in [0.15, 0.2) is 0 Å². The predicted molar refractivity (Wildman–Crippen MR) is 88.3 cm³/mol. The maximum Gasteiger partial charge on any atom is 0.323 e. The average molecular weight is 316 g/mol. The van der Waals surface area contributed by atoms with Crippen molar-refractivity contribution in [1.82, 2.24) is 9.97 Å². The topological polar surface area (TPSA) is 85.4 Å². The van der Waals surface area contributed by atoms with Crippen LogP contribution in [0.2, 0.25) is 0 Å². The second kappa shape index (κ2) is 7.44. The highest BCUT2D eigenvalue weighted by Gasteiger charge is 2.13. The molecule has 0 radical (unpaired) electrons. The summed E-state index contributed by atoms with van der Waals surface area (Å²) in [5.41, 5.74) is 2.41. The van der Waals surface area contributed by atoms with Gasteiger partial charge in [-0.1, -0.05) is 12.1 Å². The zero-order valence-electron chi connectivity index (χ0n) is 13.6. The molecular formula is C16H20N4O3. The molecule has 0 fully saturated rings. The van der Waals surface area contributed by atoms with Gasteiger partial charge in [-0.25, -0.2) is 4.79 Å². The largest absolute Gasteiger partial charge is 0.495 e.